The topological polar surface area (TPSA) is 46.5 Å². The lowest BCUT2D eigenvalue weighted by Gasteiger charge is -2.23. The van der Waals surface area contributed by atoms with Crippen molar-refractivity contribution < 1.29 is 0 Å². The lowest BCUT2D eigenvalue weighted by molar-refractivity contribution is 1.09. The number of rotatable bonds is 9. The number of hydrogen-bond acceptors (Lipinski definition) is 2. The first-order valence-corrected chi connectivity index (χ1v) is 25.7. The van der Waals surface area contributed by atoms with Crippen molar-refractivity contribution in [3.63, 3.8) is 0 Å². The van der Waals surface area contributed by atoms with Crippen molar-refractivity contribution in [2.75, 3.05) is 0 Å². The Bertz CT molecular complexity index is 4280. The van der Waals surface area contributed by atoms with Gasteiger partial charge in [0.05, 0.1) is 50.4 Å². The van der Waals surface area contributed by atoms with Crippen LogP contribution < -0.4 is 0 Å². The summed E-state index contributed by atoms with van der Waals surface area (Å²) < 4.78 is 4.79. The predicted octanol–water partition coefficient (Wildman–Crippen LogP) is 18.8. The van der Waals surface area contributed by atoms with Gasteiger partial charge in [-0.15, -0.1) is 0 Å². The summed E-state index contributed by atoms with van der Waals surface area (Å²) in [4.78, 5) is 5.36. The lowest BCUT2D eigenvalue weighted by atomic mass is 9.95. The fourth-order valence-corrected chi connectivity index (χ4v) is 11.3. The van der Waals surface area contributed by atoms with Gasteiger partial charge in [0, 0.05) is 38.2 Å². The second kappa shape index (κ2) is 18.6. The van der Waals surface area contributed by atoms with E-state index in [-0.39, 0.29) is 0 Å². The zero-order valence-electron chi connectivity index (χ0n) is 41.3. The molecule has 0 aliphatic heterocycles. The molecule has 4 nitrogen and oxygen atoms in total. The molecule has 14 rings (SSSR count). The van der Waals surface area contributed by atoms with Crippen LogP contribution in [0.4, 0.5) is 0 Å². The van der Waals surface area contributed by atoms with Crippen LogP contribution in [0.5, 0.6) is 0 Å². The van der Waals surface area contributed by atoms with E-state index in [0.29, 0.717) is 5.56 Å². The summed E-state index contributed by atoms with van der Waals surface area (Å²) in [6, 6.07) is 102. The van der Waals surface area contributed by atoms with Crippen LogP contribution in [0.25, 0.3) is 133 Å². The molecule has 0 bridgehead atoms. The van der Waals surface area contributed by atoms with Crippen LogP contribution in [0.15, 0.2) is 279 Å². The Kier molecular flexibility index (Phi) is 10.9. The lowest BCUT2D eigenvalue weighted by Crippen LogP contribution is -2.08. The number of benzene rings is 11. The van der Waals surface area contributed by atoms with Crippen molar-refractivity contribution >= 4 is 43.6 Å². The third-order valence-electron chi connectivity index (χ3n) is 15.0. The molecule has 3 aromatic heterocycles. The molecule has 0 aliphatic rings. The van der Waals surface area contributed by atoms with E-state index in [1.807, 2.05) is 18.2 Å². The smallest absolute Gasteiger partial charge is 0.101 e. The van der Waals surface area contributed by atoms with Gasteiger partial charge in [-0.25, -0.2) is 4.98 Å². The van der Waals surface area contributed by atoms with Gasteiger partial charge in [-0.3, -0.25) is 0 Å². The van der Waals surface area contributed by atoms with Crippen molar-refractivity contribution in [1.82, 2.24) is 14.1 Å². The molecule has 0 unspecified atom stereocenters. The summed E-state index contributed by atoms with van der Waals surface area (Å²) >= 11 is 0. The molecule has 354 valence electrons. The van der Waals surface area contributed by atoms with Gasteiger partial charge < -0.3 is 9.13 Å². The molecule has 14 aromatic rings. The van der Waals surface area contributed by atoms with Gasteiger partial charge in [0.1, 0.15) is 6.07 Å². The fraction of sp³-hybridized carbons (Fsp3) is 0. The van der Waals surface area contributed by atoms with Gasteiger partial charge in [-0.2, -0.15) is 5.26 Å². The van der Waals surface area contributed by atoms with E-state index in [0.717, 1.165) is 133 Å². The number of aromatic nitrogens is 3. The third-order valence-corrected chi connectivity index (χ3v) is 15.0. The van der Waals surface area contributed by atoms with Crippen molar-refractivity contribution in [3.8, 4) is 95.6 Å². The maximum Gasteiger partial charge on any atom is 0.101 e. The normalized spacial score (nSPS) is 11.4. The molecular weight excluding hydrogens is 921 g/mol. The Balaban J connectivity index is 1.15. The molecule has 0 fully saturated rings. The van der Waals surface area contributed by atoms with Crippen molar-refractivity contribution in [1.29, 1.82) is 5.26 Å². The maximum absolute atomic E-state index is 11.7. The monoisotopic (exact) mass is 966 g/mol. The highest BCUT2D eigenvalue weighted by Crippen LogP contribution is 2.47. The number of nitriles is 1. The minimum atomic E-state index is 0.550. The number of nitrogens with zero attached hydrogens (tertiary/aromatic N) is 4. The molecule has 0 N–H and O–H groups in total. The Morgan fingerprint density at radius 2 is 0.566 bits per heavy atom. The van der Waals surface area contributed by atoms with E-state index in [1.165, 1.54) is 0 Å². The predicted molar refractivity (Wildman–Crippen MR) is 316 cm³/mol. The van der Waals surface area contributed by atoms with E-state index < -0.39 is 0 Å². The zero-order chi connectivity index (χ0) is 50.5. The first-order chi connectivity index (χ1) is 37.6. The Hall–Kier alpha value is -10.3. The van der Waals surface area contributed by atoms with Gasteiger partial charge in [0.15, 0.2) is 0 Å². The average molecular weight is 967 g/mol. The highest BCUT2D eigenvalue weighted by atomic mass is 15.1. The molecule has 11 aromatic carbocycles. The van der Waals surface area contributed by atoms with E-state index in [4.69, 9.17) is 4.98 Å². The molecule has 76 heavy (non-hydrogen) atoms. The maximum atomic E-state index is 11.7. The second-order valence-corrected chi connectivity index (χ2v) is 19.4. The second-order valence-electron chi connectivity index (χ2n) is 19.4. The van der Waals surface area contributed by atoms with Gasteiger partial charge in [0.2, 0.25) is 0 Å². The van der Waals surface area contributed by atoms with Crippen molar-refractivity contribution in [2.24, 2.45) is 0 Å². The highest BCUT2D eigenvalue weighted by molar-refractivity contribution is 6.15. The number of fused-ring (bicyclic) bond motifs is 6. The summed E-state index contributed by atoms with van der Waals surface area (Å²) in [6.07, 6.45) is 0. The van der Waals surface area contributed by atoms with E-state index >= 15 is 0 Å². The Labute approximate surface area is 440 Å². The molecule has 0 saturated carbocycles. The van der Waals surface area contributed by atoms with Gasteiger partial charge in [0.25, 0.3) is 0 Å². The summed E-state index contributed by atoms with van der Waals surface area (Å²) in [5.74, 6) is 0. The third kappa shape index (κ3) is 7.66. The summed E-state index contributed by atoms with van der Waals surface area (Å²) in [6.45, 7) is 0. The molecule has 3 heterocycles. The van der Waals surface area contributed by atoms with Crippen molar-refractivity contribution in [2.45, 2.75) is 0 Å². The van der Waals surface area contributed by atoms with Crippen LogP contribution in [0.3, 0.4) is 0 Å². The molecule has 0 radical (unpaired) electrons. The highest BCUT2D eigenvalue weighted by Gasteiger charge is 2.27. The quantitative estimate of drug-likeness (QED) is 0.145. The van der Waals surface area contributed by atoms with Crippen LogP contribution in [-0.4, -0.2) is 14.1 Å². The first-order valence-electron chi connectivity index (χ1n) is 25.7. The van der Waals surface area contributed by atoms with Crippen LogP contribution in [0.2, 0.25) is 0 Å². The van der Waals surface area contributed by atoms with Gasteiger partial charge in [-0.1, -0.05) is 212 Å². The minimum absolute atomic E-state index is 0.550. The van der Waals surface area contributed by atoms with Gasteiger partial charge in [-0.05, 0) is 117 Å². The molecular formula is C72H46N4. The van der Waals surface area contributed by atoms with E-state index in [1.54, 1.807) is 0 Å². The van der Waals surface area contributed by atoms with Gasteiger partial charge >= 0.3 is 0 Å². The first kappa shape index (κ1) is 44.4. The molecule has 4 heteroatoms. The largest absolute Gasteiger partial charge is 0.307 e. The SMILES string of the molecule is N#Cc1ccc(-c2cc(-c3ccccc3)nc(-c3ccccc3)c2)c(-n2c3ccc(-c4ccccc4)cc3c3cc(-c4ccccc4)ccc32)c1-n1c2ccc(-c3ccccc3)cc2c2cc(-c3ccccc3)ccc21. The minimum Gasteiger partial charge on any atom is -0.307 e. The number of pyridine rings is 1. The summed E-state index contributed by atoms with van der Waals surface area (Å²) in [5, 5.41) is 16.1. The molecule has 0 atom stereocenters. The standard InChI is InChI=1S/C72H46N4/c73-47-58-31-36-60(59-45-65(52-27-15-5-16-28-52)74-66(46-59)53-29-17-6-18-30-53)72(76-69-39-34-56(50-23-11-3-12-24-50)43-63(69)64-44-57(35-40-70(64)76)51-25-13-4-14-26-51)71(58)75-67-37-32-54(48-19-7-1-8-20-48)41-61(67)62-42-55(33-38-68(62)75)49-21-9-2-10-22-49/h1-46H. The zero-order valence-corrected chi connectivity index (χ0v) is 41.3. The van der Waals surface area contributed by atoms with E-state index in [2.05, 4.69) is 276 Å². The average Bonchev–Trinajstić information content (AvgIpc) is 4.08. The van der Waals surface area contributed by atoms with Crippen LogP contribution >= 0.6 is 0 Å². The summed E-state index contributed by atoms with van der Waals surface area (Å²) in [5.41, 5.74) is 21.0. The van der Waals surface area contributed by atoms with Crippen LogP contribution in [0, 0.1) is 11.3 Å². The molecule has 0 aliphatic carbocycles. The van der Waals surface area contributed by atoms with Crippen LogP contribution in [-0.2, 0) is 0 Å². The van der Waals surface area contributed by atoms with Crippen LogP contribution in [0.1, 0.15) is 5.56 Å². The fourth-order valence-electron chi connectivity index (χ4n) is 11.3. The molecule has 0 saturated heterocycles. The Morgan fingerprint density at radius 3 is 0.882 bits per heavy atom. The molecule has 0 spiro atoms. The van der Waals surface area contributed by atoms with Crippen molar-refractivity contribution in [3.05, 3.63) is 285 Å². The number of hydrogen-bond donors (Lipinski definition) is 0. The summed E-state index contributed by atoms with van der Waals surface area (Å²) in [7, 11) is 0. The molecule has 0 amide bonds. The Morgan fingerprint density at radius 1 is 0.263 bits per heavy atom. The van der Waals surface area contributed by atoms with E-state index in [9.17, 15) is 5.26 Å².